The number of carboxylic acid groups (broad SMARTS) is 1. The van der Waals surface area contributed by atoms with E-state index in [2.05, 4.69) is 9.99 Å². The highest BCUT2D eigenvalue weighted by Crippen LogP contribution is 2.43. The summed E-state index contributed by atoms with van der Waals surface area (Å²) in [5.74, 6) is -2.72. The Morgan fingerprint density at radius 1 is 1.22 bits per heavy atom. The van der Waals surface area contributed by atoms with Crippen LogP contribution in [-0.4, -0.2) is 69.1 Å². The maximum absolute atomic E-state index is 12.8. The number of carboxylic acids is 1. The number of oxime groups is 1. The van der Waals surface area contributed by atoms with Crippen molar-refractivity contribution in [2.45, 2.75) is 11.4 Å². The van der Waals surface area contributed by atoms with Crippen molar-refractivity contribution in [1.82, 2.24) is 9.80 Å². The Morgan fingerprint density at radius 2 is 1.85 bits per heavy atom. The van der Waals surface area contributed by atoms with Crippen molar-refractivity contribution < 1.29 is 29.1 Å². The Kier molecular flexibility index (Phi) is 3.99. The van der Waals surface area contributed by atoms with Gasteiger partial charge >= 0.3 is 5.97 Å². The second-order valence-corrected chi connectivity index (χ2v) is 7.08. The standard InChI is InChI=1S/C17H13N3O6S/c1-26-18-6-8-7-27-16-12(15(23)20(16)11(8)17(24)25)19-13(21)9-4-2-3-5-10(9)14(19)22/h2-6,12,16H,7H2,1H3,(H,24,25)/b18-6+/t12-,16-/m1/s1. The quantitative estimate of drug-likeness (QED) is 0.347. The molecule has 3 aliphatic heterocycles. The molecule has 0 unspecified atom stereocenters. The van der Waals surface area contributed by atoms with Crippen molar-refractivity contribution in [2.75, 3.05) is 12.9 Å². The molecule has 1 aromatic rings. The van der Waals surface area contributed by atoms with E-state index < -0.39 is 35.1 Å². The van der Waals surface area contributed by atoms with Gasteiger partial charge in [0.15, 0.2) is 0 Å². The third-order valence-corrected chi connectivity index (χ3v) is 5.88. The Bertz CT molecular complexity index is 921. The molecule has 0 bridgehead atoms. The first-order chi connectivity index (χ1) is 13.0. The van der Waals surface area contributed by atoms with Crippen LogP contribution in [0.25, 0.3) is 0 Å². The smallest absolute Gasteiger partial charge is 0.353 e. The molecule has 3 heterocycles. The van der Waals surface area contributed by atoms with E-state index in [0.29, 0.717) is 5.57 Å². The lowest BCUT2D eigenvalue weighted by atomic mass is 10.0. The van der Waals surface area contributed by atoms with Crippen LogP contribution in [0.2, 0.25) is 0 Å². The molecule has 9 nitrogen and oxygen atoms in total. The summed E-state index contributed by atoms with van der Waals surface area (Å²) in [5.41, 5.74) is 0.602. The summed E-state index contributed by atoms with van der Waals surface area (Å²) in [7, 11) is 1.32. The highest BCUT2D eigenvalue weighted by molar-refractivity contribution is 8.00. The summed E-state index contributed by atoms with van der Waals surface area (Å²) in [5, 5.41) is 12.5. The van der Waals surface area contributed by atoms with E-state index in [1.165, 1.54) is 37.2 Å². The average Bonchev–Trinajstić information content (AvgIpc) is 2.91. The summed E-state index contributed by atoms with van der Waals surface area (Å²) in [4.78, 5) is 56.3. The fourth-order valence-corrected chi connectivity index (χ4v) is 4.74. The van der Waals surface area contributed by atoms with E-state index in [9.17, 15) is 24.3 Å². The molecule has 0 aliphatic carbocycles. The highest BCUT2D eigenvalue weighted by Gasteiger charge is 2.59. The lowest BCUT2D eigenvalue weighted by molar-refractivity contribution is -0.151. The van der Waals surface area contributed by atoms with Crippen molar-refractivity contribution in [1.29, 1.82) is 0 Å². The van der Waals surface area contributed by atoms with Crippen LogP contribution in [0, 0.1) is 0 Å². The van der Waals surface area contributed by atoms with Gasteiger partial charge in [-0.1, -0.05) is 17.3 Å². The molecule has 3 amide bonds. The maximum atomic E-state index is 12.8. The first-order valence-electron chi connectivity index (χ1n) is 7.92. The molecule has 2 atom stereocenters. The van der Waals surface area contributed by atoms with E-state index in [4.69, 9.17) is 0 Å². The molecule has 3 aliphatic rings. The lowest BCUT2D eigenvalue weighted by Crippen LogP contribution is -2.71. The number of aliphatic carboxylic acids is 1. The molecular formula is C17H13N3O6S. The molecule has 1 N–H and O–H groups in total. The van der Waals surface area contributed by atoms with E-state index >= 15 is 0 Å². The van der Waals surface area contributed by atoms with Crippen LogP contribution in [0.15, 0.2) is 40.7 Å². The number of hydrogen-bond acceptors (Lipinski definition) is 7. The van der Waals surface area contributed by atoms with Gasteiger partial charge in [0.05, 0.1) is 17.3 Å². The molecule has 0 radical (unpaired) electrons. The molecule has 1 fully saturated rings. The van der Waals surface area contributed by atoms with Crippen LogP contribution in [0.1, 0.15) is 20.7 Å². The Hall–Kier alpha value is -3.14. The van der Waals surface area contributed by atoms with E-state index in [0.717, 1.165) is 9.80 Å². The first-order valence-corrected chi connectivity index (χ1v) is 8.96. The van der Waals surface area contributed by atoms with Crippen LogP contribution < -0.4 is 0 Å². The van der Waals surface area contributed by atoms with Gasteiger partial charge in [0, 0.05) is 11.3 Å². The van der Waals surface area contributed by atoms with Gasteiger partial charge in [-0.2, -0.15) is 0 Å². The minimum atomic E-state index is -1.29. The van der Waals surface area contributed by atoms with Crippen molar-refractivity contribution in [3.8, 4) is 0 Å². The molecule has 0 spiro atoms. The number of carbonyl (C=O) groups is 4. The highest BCUT2D eigenvalue weighted by atomic mass is 32.2. The van der Waals surface area contributed by atoms with Crippen LogP contribution in [-0.2, 0) is 14.4 Å². The molecule has 1 aromatic carbocycles. The number of carbonyl (C=O) groups excluding carboxylic acids is 3. The summed E-state index contributed by atoms with van der Waals surface area (Å²) in [6.45, 7) is 0. The minimum Gasteiger partial charge on any atom is -0.477 e. The number of nitrogens with zero attached hydrogens (tertiary/aromatic N) is 3. The number of thioether (sulfide) groups is 1. The normalized spacial score (nSPS) is 24.3. The SMILES string of the molecule is CO/N=C/C1=C(C(=O)O)N2C(=O)[C@@H](N3C(=O)c4ccccc4C3=O)[C@H]2SC1. The maximum Gasteiger partial charge on any atom is 0.353 e. The Morgan fingerprint density at radius 3 is 2.41 bits per heavy atom. The number of β-lactam (4-membered cyclic amide) rings is 1. The third kappa shape index (κ3) is 2.36. The van der Waals surface area contributed by atoms with E-state index in [1.54, 1.807) is 12.1 Å². The number of fused-ring (bicyclic) bond motifs is 2. The molecule has 138 valence electrons. The molecule has 0 aromatic heterocycles. The van der Waals surface area contributed by atoms with E-state index in [-0.39, 0.29) is 22.6 Å². The summed E-state index contributed by atoms with van der Waals surface area (Å²) in [6, 6.07) is 5.32. The van der Waals surface area contributed by atoms with Gasteiger partial charge in [-0.05, 0) is 12.1 Å². The molecule has 4 rings (SSSR count). The van der Waals surface area contributed by atoms with Gasteiger partial charge in [-0.15, -0.1) is 11.8 Å². The van der Waals surface area contributed by atoms with Crippen molar-refractivity contribution in [3.63, 3.8) is 0 Å². The fourth-order valence-electron chi connectivity index (χ4n) is 3.40. The minimum absolute atomic E-state index is 0.211. The van der Waals surface area contributed by atoms with Crippen molar-refractivity contribution >= 4 is 41.7 Å². The Labute approximate surface area is 157 Å². The number of rotatable bonds is 4. The number of imide groups is 1. The van der Waals surface area contributed by atoms with E-state index in [1.807, 2.05) is 0 Å². The zero-order chi connectivity index (χ0) is 19.3. The summed E-state index contributed by atoms with van der Waals surface area (Å²) < 4.78 is 0. The summed E-state index contributed by atoms with van der Waals surface area (Å²) >= 11 is 1.27. The van der Waals surface area contributed by atoms with Gasteiger partial charge in [-0.3, -0.25) is 24.2 Å². The largest absolute Gasteiger partial charge is 0.477 e. The first kappa shape index (κ1) is 17.3. The van der Waals surface area contributed by atoms with Crippen LogP contribution in [0.5, 0.6) is 0 Å². The van der Waals surface area contributed by atoms with Crippen molar-refractivity contribution in [3.05, 3.63) is 46.7 Å². The van der Waals surface area contributed by atoms with Crippen LogP contribution in [0.3, 0.4) is 0 Å². The number of amides is 3. The third-order valence-electron chi connectivity index (χ3n) is 4.59. The van der Waals surface area contributed by atoms with Crippen LogP contribution in [0.4, 0.5) is 0 Å². The van der Waals surface area contributed by atoms with Gasteiger partial charge in [0.1, 0.15) is 24.2 Å². The molecular weight excluding hydrogens is 374 g/mol. The van der Waals surface area contributed by atoms with Gasteiger partial charge in [0.25, 0.3) is 17.7 Å². The molecule has 0 saturated carbocycles. The van der Waals surface area contributed by atoms with Crippen molar-refractivity contribution in [2.24, 2.45) is 5.16 Å². The second-order valence-electron chi connectivity index (χ2n) is 5.98. The second kappa shape index (κ2) is 6.23. The molecule has 1 saturated heterocycles. The Balaban J connectivity index is 1.68. The molecule has 27 heavy (non-hydrogen) atoms. The fraction of sp³-hybridized carbons (Fsp3) is 0.235. The predicted octanol–water partition coefficient (Wildman–Crippen LogP) is 0.537. The van der Waals surface area contributed by atoms with Gasteiger partial charge in [-0.25, -0.2) is 4.79 Å². The topological polar surface area (TPSA) is 117 Å². The zero-order valence-corrected chi connectivity index (χ0v) is 14.8. The average molecular weight is 387 g/mol. The monoisotopic (exact) mass is 387 g/mol. The van der Waals surface area contributed by atoms with Gasteiger partial charge in [0.2, 0.25) is 0 Å². The van der Waals surface area contributed by atoms with Gasteiger partial charge < -0.3 is 9.94 Å². The number of benzene rings is 1. The molecule has 10 heteroatoms. The lowest BCUT2D eigenvalue weighted by Gasteiger charge is -2.51. The predicted molar refractivity (Wildman–Crippen MR) is 94.0 cm³/mol. The number of hydrogen-bond donors (Lipinski definition) is 1. The van der Waals surface area contributed by atoms with Crippen LogP contribution >= 0.6 is 11.8 Å². The summed E-state index contributed by atoms with van der Waals surface area (Å²) in [6.07, 6.45) is 1.25. The zero-order valence-electron chi connectivity index (χ0n) is 14.0.